The predicted octanol–water partition coefficient (Wildman–Crippen LogP) is 6.06. The Labute approximate surface area is 239 Å². The highest BCUT2D eigenvalue weighted by Gasteiger charge is 2.25. The summed E-state index contributed by atoms with van der Waals surface area (Å²) in [4.78, 5) is 20.2. The molecule has 0 spiro atoms. The lowest BCUT2D eigenvalue weighted by molar-refractivity contribution is -0.0592. The predicted molar refractivity (Wildman–Crippen MR) is 154 cm³/mol. The van der Waals surface area contributed by atoms with Crippen molar-refractivity contribution in [1.29, 1.82) is 0 Å². The van der Waals surface area contributed by atoms with E-state index < -0.39 is 5.60 Å². The molecule has 8 heteroatoms. The first-order chi connectivity index (χ1) is 19.7. The Kier molecular flexibility index (Phi) is 7.53. The maximum Gasteiger partial charge on any atom is 0.338 e. The second-order valence-electron chi connectivity index (χ2n) is 11.9. The van der Waals surface area contributed by atoms with E-state index in [1.165, 1.54) is 17.2 Å². The van der Waals surface area contributed by atoms with Gasteiger partial charge in [0.15, 0.2) is 0 Å². The fourth-order valence-electron chi connectivity index (χ4n) is 5.39. The normalized spacial score (nSPS) is 17.2. The number of hydrogen-bond acceptors (Lipinski definition) is 6. The van der Waals surface area contributed by atoms with E-state index in [1.54, 1.807) is 18.2 Å². The summed E-state index contributed by atoms with van der Waals surface area (Å²) < 4.78 is 33.6. The van der Waals surface area contributed by atoms with Crippen LogP contribution < -0.4 is 4.74 Å². The summed E-state index contributed by atoms with van der Waals surface area (Å²) in [7, 11) is 0. The Morgan fingerprint density at radius 1 is 1.10 bits per heavy atom. The topological polar surface area (TPSA) is 65.8 Å². The van der Waals surface area contributed by atoms with Crippen molar-refractivity contribution >= 4 is 17.0 Å². The number of imidazole rings is 1. The van der Waals surface area contributed by atoms with Crippen molar-refractivity contribution in [2.45, 2.75) is 71.6 Å². The van der Waals surface area contributed by atoms with E-state index in [0.29, 0.717) is 24.2 Å². The molecule has 1 atom stereocenters. The molecule has 0 amide bonds. The Morgan fingerprint density at radius 2 is 1.93 bits per heavy atom. The number of esters is 1. The van der Waals surface area contributed by atoms with Gasteiger partial charge >= 0.3 is 5.97 Å². The molecule has 6 rings (SSSR count). The molecule has 0 saturated carbocycles. The highest BCUT2D eigenvalue weighted by molar-refractivity contribution is 5.94. The van der Waals surface area contributed by atoms with Crippen molar-refractivity contribution in [2.24, 2.45) is 0 Å². The van der Waals surface area contributed by atoms with Gasteiger partial charge in [0.2, 0.25) is 0 Å². The van der Waals surface area contributed by atoms with Crippen molar-refractivity contribution < 1.29 is 23.4 Å². The van der Waals surface area contributed by atoms with E-state index in [-0.39, 0.29) is 24.5 Å². The summed E-state index contributed by atoms with van der Waals surface area (Å²) in [5.74, 6) is 1.09. The van der Waals surface area contributed by atoms with Gasteiger partial charge in [0.05, 0.1) is 35.8 Å². The lowest BCUT2D eigenvalue weighted by atomic mass is 9.99. The molecular weight excluding hydrogens is 521 g/mol. The number of benzene rings is 3. The Bertz CT molecular complexity index is 1570. The first-order valence-corrected chi connectivity index (χ1v) is 14.3. The molecule has 1 saturated heterocycles. The molecule has 2 aliphatic heterocycles. The Balaban J connectivity index is 1.21. The summed E-state index contributed by atoms with van der Waals surface area (Å²) in [6, 6.07) is 18.4. The first-order valence-electron chi connectivity index (χ1n) is 14.3. The molecule has 4 aromatic rings. The zero-order valence-electron chi connectivity index (χ0n) is 23.9. The number of carbonyl (C=O) groups excluding carboxylic acids is 1. The van der Waals surface area contributed by atoms with Crippen LogP contribution in [0.15, 0.2) is 60.7 Å². The molecule has 1 fully saturated rings. The van der Waals surface area contributed by atoms with Gasteiger partial charge in [0.25, 0.3) is 0 Å². The Hall–Kier alpha value is -3.75. The quantitative estimate of drug-likeness (QED) is 0.246. The summed E-state index contributed by atoms with van der Waals surface area (Å²) in [6.45, 7) is 9.62. The van der Waals surface area contributed by atoms with Crippen LogP contribution in [0.2, 0.25) is 0 Å². The minimum absolute atomic E-state index is 0.146. The zero-order valence-corrected chi connectivity index (χ0v) is 23.9. The van der Waals surface area contributed by atoms with E-state index in [4.69, 9.17) is 19.2 Å². The highest BCUT2D eigenvalue weighted by atomic mass is 19.1. The number of carbonyl (C=O) groups is 1. The third kappa shape index (κ3) is 6.29. The van der Waals surface area contributed by atoms with E-state index in [2.05, 4.69) is 21.6 Å². The van der Waals surface area contributed by atoms with Gasteiger partial charge in [-0.2, -0.15) is 0 Å². The van der Waals surface area contributed by atoms with Crippen LogP contribution in [0.4, 0.5) is 4.39 Å². The number of fused-ring (bicyclic) bond motifs is 2. The minimum Gasteiger partial charge on any atom is -0.489 e. The monoisotopic (exact) mass is 557 g/mol. The number of ether oxygens (including phenoxy) is 3. The average molecular weight is 558 g/mol. The van der Waals surface area contributed by atoms with Gasteiger partial charge in [-0.1, -0.05) is 24.3 Å². The van der Waals surface area contributed by atoms with Gasteiger partial charge in [-0.25, -0.2) is 14.2 Å². The molecule has 0 radical (unpaired) electrons. The molecule has 41 heavy (non-hydrogen) atoms. The summed E-state index contributed by atoms with van der Waals surface area (Å²) in [5.41, 5.74) is 4.77. The summed E-state index contributed by atoms with van der Waals surface area (Å²) in [5, 5.41) is 0. The Morgan fingerprint density at radius 3 is 2.68 bits per heavy atom. The molecule has 0 N–H and O–H groups in total. The molecular formula is C33H36FN3O4. The second kappa shape index (κ2) is 11.3. The van der Waals surface area contributed by atoms with E-state index in [1.807, 2.05) is 45.0 Å². The zero-order chi connectivity index (χ0) is 28.6. The van der Waals surface area contributed by atoms with Crippen LogP contribution >= 0.6 is 0 Å². The summed E-state index contributed by atoms with van der Waals surface area (Å²) >= 11 is 0. The molecule has 3 heterocycles. The van der Waals surface area contributed by atoms with Crippen LogP contribution in [-0.2, 0) is 42.1 Å². The van der Waals surface area contributed by atoms with Crippen molar-refractivity contribution in [1.82, 2.24) is 14.5 Å². The number of nitrogens with zero attached hydrogens (tertiary/aromatic N) is 3. The largest absolute Gasteiger partial charge is 0.489 e. The molecule has 7 nitrogen and oxygen atoms in total. The third-order valence-corrected chi connectivity index (χ3v) is 7.63. The van der Waals surface area contributed by atoms with Crippen LogP contribution in [0.5, 0.6) is 5.75 Å². The van der Waals surface area contributed by atoms with Gasteiger partial charge in [-0.15, -0.1) is 0 Å². The maximum absolute atomic E-state index is 14.0. The molecule has 1 aromatic heterocycles. The lowest BCUT2D eigenvalue weighted by Crippen LogP contribution is -2.34. The molecule has 3 aromatic carbocycles. The van der Waals surface area contributed by atoms with Crippen molar-refractivity contribution in [3.8, 4) is 5.75 Å². The molecule has 0 aliphatic carbocycles. The van der Waals surface area contributed by atoms with Crippen LogP contribution in [0, 0.1) is 5.82 Å². The number of hydrogen-bond donors (Lipinski definition) is 0. The SMILES string of the molecule is CC(C)(C)OC(=O)c1ccc2nc(CN3CCc4ccc(OCc5ccccc5F)cc4C3)n(C[C@@H]3CCO3)c2c1. The number of rotatable bonds is 8. The smallest absolute Gasteiger partial charge is 0.338 e. The van der Waals surface area contributed by atoms with Gasteiger partial charge in [0, 0.05) is 25.3 Å². The van der Waals surface area contributed by atoms with Crippen LogP contribution in [0.25, 0.3) is 11.0 Å². The first kappa shape index (κ1) is 27.4. The van der Waals surface area contributed by atoms with Crippen molar-refractivity contribution in [3.63, 3.8) is 0 Å². The van der Waals surface area contributed by atoms with E-state index >= 15 is 0 Å². The number of halogens is 1. The van der Waals surface area contributed by atoms with Gasteiger partial charge in [-0.05, 0) is 81.1 Å². The summed E-state index contributed by atoms with van der Waals surface area (Å²) in [6.07, 6.45) is 2.09. The maximum atomic E-state index is 14.0. The van der Waals surface area contributed by atoms with Crippen molar-refractivity contribution in [2.75, 3.05) is 13.2 Å². The van der Waals surface area contributed by atoms with Gasteiger partial charge in [0.1, 0.15) is 29.6 Å². The van der Waals surface area contributed by atoms with Gasteiger partial charge < -0.3 is 18.8 Å². The fourth-order valence-corrected chi connectivity index (χ4v) is 5.39. The van der Waals surface area contributed by atoms with Gasteiger partial charge in [-0.3, -0.25) is 4.90 Å². The lowest BCUT2D eigenvalue weighted by Gasteiger charge is -2.30. The van der Waals surface area contributed by atoms with E-state index in [9.17, 15) is 9.18 Å². The molecule has 0 unspecified atom stereocenters. The number of aromatic nitrogens is 2. The highest BCUT2D eigenvalue weighted by Crippen LogP contribution is 2.28. The van der Waals surface area contributed by atoms with Crippen LogP contribution in [-0.4, -0.2) is 45.3 Å². The third-order valence-electron chi connectivity index (χ3n) is 7.63. The average Bonchev–Trinajstić information content (AvgIpc) is 3.24. The second-order valence-corrected chi connectivity index (χ2v) is 11.9. The minimum atomic E-state index is -0.565. The molecule has 2 aliphatic rings. The molecule has 214 valence electrons. The standard InChI is InChI=1S/C33H36FN3O4/c1-33(2,3)41-32(38)23-9-11-29-30(17-23)37(19-27-13-15-39-27)31(35-29)20-36-14-12-22-8-10-26(16-25(22)18-36)40-21-24-6-4-5-7-28(24)34/h4-11,16-17,27H,12-15,18-21H2,1-3H3/t27-/m0/s1. The van der Waals surface area contributed by atoms with Crippen molar-refractivity contribution in [3.05, 3.63) is 94.6 Å². The van der Waals surface area contributed by atoms with Crippen LogP contribution in [0.1, 0.15) is 60.1 Å². The molecule has 0 bridgehead atoms. The fraction of sp³-hybridized carbons (Fsp3) is 0.394. The van der Waals surface area contributed by atoms with Crippen LogP contribution in [0.3, 0.4) is 0 Å². The van der Waals surface area contributed by atoms with E-state index in [0.717, 1.165) is 55.1 Å².